The number of aromatic carboxylic acids is 1. The first-order valence-electron chi connectivity index (χ1n) is 4.71. The van der Waals surface area contributed by atoms with E-state index in [-0.39, 0.29) is 11.4 Å². The summed E-state index contributed by atoms with van der Waals surface area (Å²) in [6.07, 6.45) is 1.40. The fourth-order valence-electron chi connectivity index (χ4n) is 0.941. The van der Waals surface area contributed by atoms with E-state index in [1.807, 2.05) is 0 Å². The van der Waals surface area contributed by atoms with E-state index in [9.17, 15) is 9.59 Å². The van der Waals surface area contributed by atoms with Gasteiger partial charge in [0, 0.05) is 14.1 Å². The number of hydrogen-bond donors (Lipinski definition) is 2. The molecule has 1 amide bonds. The van der Waals surface area contributed by atoms with E-state index < -0.39 is 11.9 Å². The van der Waals surface area contributed by atoms with E-state index in [1.165, 1.54) is 24.5 Å². The van der Waals surface area contributed by atoms with Gasteiger partial charge in [-0.1, -0.05) is 6.07 Å². The van der Waals surface area contributed by atoms with Crippen molar-refractivity contribution in [1.29, 1.82) is 0 Å². The average Bonchev–Trinajstić information content (AvgIpc) is 2.28. The molecule has 17 heavy (non-hydrogen) atoms. The average molecular weight is 236 g/mol. The van der Waals surface area contributed by atoms with E-state index in [0.717, 1.165) is 0 Å². The molecule has 0 bridgehead atoms. The number of carboxylic acids is 1. The molecule has 0 saturated carbocycles. The number of hydrazone groups is 1. The maximum atomic E-state index is 11.5. The van der Waals surface area contributed by atoms with Crippen LogP contribution in [0.25, 0.3) is 0 Å². The molecule has 0 aliphatic rings. The number of pyridine rings is 1. The predicted molar refractivity (Wildman–Crippen MR) is 60.8 cm³/mol. The minimum absolute atomic E-state index is 0.000746. The standard InChI is InChI=1S/C10H12N4O3/c1-14(2)6-11-13-9(15)7-4-3-5-8(12-7)10(16)17/h3-6H,1-2H3,(H,13,15)(H,16,17)/b11-6+. The van der Waals surface area contributed by atoms with Crippen LogP contribution in [0.3, 0.4) is 0 Å². The van der Waals surface area contributed by atoms with Crippen LogP contribution in [0.2, 0.25) is 0 Å². The molecular weight excluding hydrogens is 224 g/mol. The number of amides is 1. The third-order valence-corrected chi connectivity index (χ3v) is 1.66. The van der Waals surface area contributed by atoms with Crippen molar-refractivity contribution in [1.82, 2.24) is 15.3 Å². The SMILES string of the molecule is CN(C)/C=N/NC(=O)c1cccc(C(=O)O)n1. The molecule has 0 radical (unpaired) electrons. The zero-order valence-electron chi connectivity index (χ0n) is 9.41. The predicted octanol–water partition coefficient (Wildman–Crippen LogP) is 0.0145. The molecule has 7 nitrogen and oxygen atoms in total. The monoisotopic (exact) mass is 236 g/mol. The lowest BCUT2D eigenvalue weighted by Gasteiger charge is -2.03. The van der Waals surface area contributed by atoms with Crippen molar-refractivity contribution in [2.75, 3.05) is 14.1 Å². The van der Waals surface area contributed by atoms with Gasteiger partial charge in [-0.3, -0.25) is 4.79 Å². The lowest BCUT2D eigenvalue weighted by molar-refractivity contribution is 0.0690. The Morgan fingerprint density at radius 2 is 2.06 bits per heavy atom. The van der Waals surface area contributed by atoms with Gasteiger partial charge in [-0.25, -0.2) is 15.2 Å². The van der Waals surface area contributed by atoms with Crippen LogP contribution in [0.1, 0.15) is 21.0 Å². The summed E-state index contributed by atoms with van der Waals surface area (Å²) in [5.41, 5.74) is 2.04. The molecule has 0 saturated heterocycles. The Labute approximate surface area is 97.8 Å². The van der Waals surface area contributed by atoms with Crippen LogP contribution in [-0.4, -0.2) is 47.3 Å². The number of carbonyl (C=O) groups is 2. The highest BCUT2D eigenvalue weighted by Gasteiger charge is 2.10. The van der Waals surface area contributed by atoms with Crippen LogP contribution >= 0.6 is 0 Å². The van der Waals surface area contributed by atoms with E-state index in [1.54, 1.807) is 19.0 Å². The fourth-order valence-corrected chi connectivity index (χ4v) is 0.941. The minimum Gasteiger partial charge on any atom is -0.477 e. The second-order valence-electron chi connectivity index (χ2n) is 3.36. The summed E-state index contributed by atoms with van der Waals surface area (Å²) >= 11 is 0. The molecule has 0 aliphatic carbocycles. The highest BCUT2D eigenvalue weighted by atomic mass is 16.4. The van der Waals surface area contributed by atoms with Crippen LogP contribution in [0.5, 0.6) is 0 Å². The number of rotatable bonds is 4. The zero-order chi connectivity index (χ0) is 12.8. The fraction of sp³-hybridized carbons (Fsp3) is 0.200. The number of hydrogen-bond acceptors (Lipinski definition) is 4. The number of nitrogens with one attached hydrogen (secondary N) is 1. The summed E-state index contributed by atoms with van der Waals surface area (Å²) in [6.45, 7) is 0. The third kappa shape index (κ3) is 3.90. The summed E-state index contributed by atoms with van der Waals surface area (Å²) in [7, 11) is 3.50. The van der Waals surface area contributed by atoms with Crippen molar-refractivity contribution < 1.29 is 14.7 Å². The van der Waals surface area contributed by atoms with Gasteiger partial charge in [-0.2, -0.15) is 5.10 Å². The van der Waals surface area contributed by atoms with Crippen LogP contribution in [0, 0.1) is 0 Å². The van der Waals surface area contributed by atoms with Crippen LogP contribution in [-0.2, 0) is 0 Å². The largest absolute Gasteiger partial charge is 0.477 e. The molecule has 0 atom stereocenters. The number of aromatic nitrogens is 1. The third-order valence-electron chi connectivity index (χ3n) is 1.66. The Morgan fingerprint density at radius 3 is 2.65 bits per heavy atom. The van der Waals surface area contributed by atoms with Gasteiger partial charge >= 0.3 is 5.97 Å². The van der Waals surface area contributed by atoms with Crippen molar-refractivity contribution in [3.05, 3.63) is 29.6 Å². The quantitative estimate of drug-likeness (QED) is 0.436. The Bertz CT molecular complexity index is 457. The first-order valence-corrected chi connectivity index (χ1v) is 4.71. The molecule has 1 aromatic rings. The Morgan fingerprint density at radius 1 is 1.41 bits per heavy atom. The molecule has 2 N–H and O–H groups in total. The highest BCUT2D eigenvalue weighted by Crippen LogP contribution is 1.99. The highest BCUT2D eigenvalue weighted by molar-refractivity contribution is 5.94. The van der Waals surface area contributed by atoms with Crippen LogP contribution < -0.4 is 5.43 Å². The maximum absolute atomic E-state index is 11.5. The molecule has 0 fully saturated rings. The molecule has 1 aromatic heterocycles. The smallest absolute Gasteiger partial charge is 0.354 e. The summed E-state index contributed by atoms with van der Waals surface area (Å²) in [6, 6.07) is 4.16. The number of carboxylic acid groups (broad SMARTS) is 1. The molecule has 7 heteroatoms. The number of carbonyl (C=O) groups excluding carboxylic acids is 1. The minimum atomic E-state index is -1.18. The van der Waals surface area contributed by atoms with Gasteiger partial charge in [0.15, 0.2) is 0 Å². The lowest BCUT2D eigenvalue weighted by Crippen LogP contribution is -2.22. The van der Waals surface area contributed by atoms with Crippen LogP contribution in [0.4, 0.5) is 0 Å². The maximum Gasteiger partial charge on any atom is 0.354 e. The van der Waals surface area contributed by atoms with Gasteiger partial charge < -0.3 is 10.0 Å². The van der Waals surface area contributed by atoms with Gasteiger partial charge in [-0.05, 0) is 12.1 Å². The second kappa shape index (κ2) is 5.59. The summed E-state index contributed by atoms with van der Waals surface area (Å²) in [5, 5.41) is 12.3. The van der Waals surface area contributed by atoms with E-state index in [4.69, 9.17) is 5.11 Å². The van der Waals surface area contributed by atoms with Gasteiger partial charge in [0.25, 0.3) is 5.91 Å². The van der Waals surface area contributed by atoms with Gasteiger partial charge in [-0.15, -0.1) is 0 Å². The van der Waals surface area contributed by atoms with Gasteiger partial charge in [0.2, 0.25) is 0 Å². The van der Waals surface area contributed by atoms with Crippen molar-refractivity contribution in [3.8, 4) is 0 Å². The second-order valence-corrected chi connectivity index (χ2v) is 3.36. The van der Waals surface area contributed by atoms with Gasteiger partial charge in [0.1, 0.15) is 17.7 Å². The number of nitrogens with zero attached hydrogens (tertiary/aromatic N) is 3. The molecule has 0 unspecified atom stereocenters. The van der Waals surface area contributed by atoms with Gasteiger partial charge in [0.05, 0.1) is 0 Å². The first kappa shape index (κ1) is 12.6. The molecule has 1 rings (SSSR count). The molecule has 0 aliphatic heterocycles. The topological polar surface area (TPSA) is 94.9 Å². The van der Waals surface area contributed by atoms with Crippen molar-refractivity contribution in [2.24, 2.45) is 5.10 Å². The molecule has 0 aromatic carbocycles. The molecular formula is C10H12N4O3. The Hall–Kier alpha value is -2.44. The molecule has 0 spiro atoms. The van der Waals surface area contributed by atoms with Crippen LogP contribution in [0.15, 0.2) is 23.3 Å². The Kier molecular flexibility index (Phi) is 4.15. The molecule has 1 heterocycles. The Balaban J connectivity index is 2.75. The first-order chi connectivity index (χ1) is 8.00. The van der Waals surface area contributed by atoms with E-state index in [0.29, 0.717) is 0 Å². The lowest BCUT2D eigenvalue weighted by atomic mass is 10.3. The zero-order valence-corrected chi connectivity index (χ0v) is 9.41. The van der Waals surface area contributed by atoms with Crippen molar-refractivity contribution >= 4 is 18.2 Å². The van der Waals surface area contributed by atoms with Crippen molar-refractivity contribution in [2.45, 2.75) is 0 Å². The van der Waals surface area contributed by atoms with Crippen molar-refractivity contribution in [3.63, 3.8) is 0 Å². The molecule has 90 valence electrons. The summed E-state index contributed by atoms with van der Waals surface area (Å²) < 4.78 is 0. The van der Waals surface area contributed by atoms with E-state index in [2.05, 4.69) is 15.5 Å². The van der Waals surface area contributed by atoms with E-state index >= 15 is 0 Å². The summed E-state index contributed by atoms with van der Waals surface area (Å²) in [5.74, 6) is -1.75. The summed E-state index contributed by atoms with van der Waals surface area (Å²) in [4.78, 5) is 27.5. The normalized spacial score (nSPS) is 10.2.